The highest BCUT2D eigenvalue weighted by Crippen LogP contribution is 2.08. The van der Waals surface area contributed by atoms with Crippen molar-refractivity contribution in [3.05, 3.63) is 71.8 Å². The number of benzene rings is 2. The smallest absolute Gasteiger partial charge is 0.289 e. The third-order valence-electron chi connectivity index (χ3n) is 2.07. The summed E-state index contributed by atoms with van der Waals surface area (Å²) in [5.74, 6) is 0.0752. The van der Waals surface area contributed by atoms with E-state index in [1.807, 2.05) is 60.7 Å². The first kappa shape index (κ1) is 14.4. The van der Waals surface area contributed by atoms with Crippen molar-refractivity contribution in [3.63, 3.8) is 0 Å². The molecule has 0 aliphatic heterocycles. The Morgan fingerprint density at radius 1 is 0.667 bits per heavy atom. The number of halogens is 2. The summed E-state index contributed by atoms with van der Waals surface area (Å²) in [6.07, 6.45) is 0. The predicted octanol–water partition coefficient (Wildman–Crippen LogP) is 4.50. The topological polar surface area (TPSA) is 34.1 Å². The molecule has 0 aliphatic rings. The van der Waals surface area contributed by atoms with Crippen molar-refractivity contribution < 1.29 is 9.59 Å². The largest absolute Gasteiger partial charge is 0.313 e. The fourth-order valence-electron chi connectivity index (χ4n) is 1.35. The Kier molecular flexibility index (Phi) is 6.12. The Morgan fingerprint density at radius 3 is 1.22 bits per heavy atom. The Hall–Kier alpha value is -1.64. The van der Waals surface area contributed by atoms with Crippen LogP contribution in [0.4, 0.5) is 4.79 Å². The minimum atomic E-state index is -0.889. The van der Waals surface area contributed by atoms with Gasteiger partial charge in [-0.2, -0.15) is 0 Å². The molecule has 0 aromatic heterocycles. The minimum absolute atomic E-state index is 0.0752. The van der Waals surface area contributed by atoms with Crippen molar-refractivity contribution in [2.24, 2.45) is 0 Å². The minimum Gasteiger partial charge on any atom is -0.289 e. The number of rotatable bonds is 2. The van der Waals surface area contributed by atoms with Gasteiger partial charge >= 0.3 is 4.70 Å². The zero-order valence-corrected chi connectivity index (χ0v) is 10.9. The van der Waals surface area contributed by atoms with Gasteiger partial charge in [0.05, 0.1) is 0 Å². The third kappa shape index (κ3) is 5.13. The Bertz CT molecular complexity index is 464. The molecule has 0 bridgehead atoms. The first-order valence-corrected chi connectivity index (χ1v) is 5.86. The summed E-state index contributed by atoms with van der Waals surface area (Å²) < 4.78 is -0.889. The highest BCUT2D eigenvalue weighted by molar-refractivity contribution is 6.93. The van der Waals surface area contributed by atoms with Gasteiger partial charge in [-0.1, -0.05) is 60.7 Å². The Balaban J connectivity index is 0.000000357. The first-order chi connectivity index (χ1) is 8.61. The molecule has 0 fully saturated rings. The molecule has 2 rings (SSSR count). The number of hydrogen-bond acceptors (Lipinski definition) is 2. The molecule has 2 nitrogen and oxygen atoms in total. The lowest BCUT2D eigenvalue weighted by atomic mass is 10.0. The van der Waals surface area contributed by atoms with E-state index in [4.69, 9.17) is 4.79 Å². The number of carbonyl (C=O) groups excluding carboxylic acids is 2. The molecule has 0 saturated carbocycles. The lowest BCUT2D eigenvalue weighted by Crippen LogP contribution is -1.99. The van der Waals surface area contributed by atoms with Crippen LogP contribution in [-0.4, -0.2) is 10.5 Å². The van der Waals surface area contributed by atoms with E-state index in [0.29, 0.717) is 0 Å². The van der Waals surface area contributed by atoms with E-state index in [1.54, 1.807) is 0 Å². The van der Waals surface area contributed by atoms with E-state index >= 15 is 0 Å². The van der Waals surface area contributed by atoms with Crippen molar-refractivity contribution in [2.75, 3.05) is 0 Å². The van der Waals surface area contributed by atoms with Gasteiger partial charge in [-0.25, -0.2) is 0 Å². The van der Waals surface area contributed by atoms with Crippen LogP contribution in [0.3, 0.4) is 0 Å². The second-order valence-electron chi connectivity index (χ2n) is 3.29. The summed E-state index contributed by atoms with van der Waals surface area (Å²) in [7, 11) is 0. The maximum atomic E-state index is 11.8. The lowest BCUT2D eigenvalue weighted by Gasteiger charge is -1.99. The van der Waals surface area contributed by atoms with Gasteiger partial charge in [-0.3, -0.25) is 9.59 Å². The summed E-state index contributed by atoms with van der Waals surface area (Å²) in [6, 6.07) is 18.6. The van der Waals surface area contributed by atoms with Crippen LogP contribution >= 0.6 is 23.2 Å². The summed E-state index contributed by atoms with van der Waals surface area (Å²) in [5.41, 5.74) is 1.47. The summed E-state index contributed by atoms with van der Waals surface area (Å²) in [6.45, 7) is 0. The van der Waals surface area contributed by atoms with Gasteiger partial charge in [-0.15, -0.1) is 0 Å². The summed E-state index contributed by atoms with van der Waals surface area (Å²) >= 11 is 8.80. The standard InChI is InChI=1S/C13H10O.CCl2O/c14-13(11-7-3-1-4-8-11)12-9-5-2-6-10-12;2-1(3)4/h1-10H;. The van der Waals surface area contributed by atoms with Crippen LogP contribution in [-0.2, 0) is 0 Å². The molecule has 0 aliphatic carbocycles. The third-order valence-corrected chi connectivity index (χ3v) is 2.07. The second-order valence-corrected chi connectivity index (χ2v) is 4.17. The zero-order valence-electron chi connectivity index (χ0n) is 9.35. The molecule has 0 heterocycles. The average molecular weight is 281 g/mol. The van der Waals surface area contributed by atoms with Gasteiger partial charge in [0.2, 0.25) is 0 Å². The fourth-order valence-corrected chi connectivity index (χ4v) is 1.35. The van der Waals surface area contributed by atoms with E-state index in [1.165, 1.54) is 0 Å². The second kappa shape index (κ2) is 7.64. The molecule has 0 saturated heterocycles. The number of ketones is 1. The van der Waals surface area contributed by atoms with Crippen LogP contribution in [0.5, 0.6) is 0 Å². The van der Waals surface area contributed by atoms with Crippen LogP contribution in [0.2, 0.25) is 0 Å². The highest BCUT2D eigenvalue weighted by Gasteiger charge is 2.06. The molecule has 4 heteroatoms. The van der Waals surface area contributed by atoms with Crippen molar-refractivity contribution >= 4 is 33.7 Å². The average Bonchev–Trinajstić information content (AvgIpc) is 2.39. The molecule has 92 valence electrons. The molecule has 0 atom stereocenters. The quantitative estimate of drug-likeness (QED) is 0.600. The van der Waals surface area contributed by atoms with E-state index < -0.39 is 4.70 Å². The highest BCUT2D eigenvalue weighted by atomic mass is 35.5. The van der Waals surface area contributed by atoms with Crippen molar-refractivity contribution in [2.45, 2.75) is 0 Å². The predicted molar refractivity (Wildman–Crippen MR) is 73.4 cm³/mol. The van der Waals surface area contributed by atoms with Crippen LogP contribution in [0.15, 0.2) is 60.7 Å². The number of carbonyl (C=O) groups is 2. The molecular weight excluding hydrogens is 271 g/mol. The molecule has 2 aromatic rings. The number of hydrogen-bond donors (Lipinski definition) is 0. The molecule has 0 amide bonds. The summed E-state index contributed by atoms with van der Waals surface area (Å²) in [4.78, 5) is 20.8. The normalized spacial score (nSPS) is 9.00. The molecule has 2 aromatic carbocycles. The van der Waals surface area contributed by atoms with E-state index in [2.05, 4.69) is 23.2 Å². The van der Waals surface area contributed by atoms with Gasteiger partial charge < -0.3 is 0 Å². The van der Waals surface area contributed by atoms with Gasteiger partial charge in [-0.05, 0) is 23.2 Å². The van der Waals surface area contributed by atoms with Gasteiger partial charge in [0.1, 0.15) is 0 Å². The van der Waals surface area contributed by atoms with Crippen LogP contribution in [0.25, 0.3) is 0 Å². The molecular formula is C14H10Cl2O2. The van der Waals surface area contributed by atoms with Gasteiger partial charge in [0, 0.05) is 11.1 Å². The van der Waals surface area contributed by atoms with Crippen LogP contribution in [0.1, 0.15) is 15.9 Å². The molecule has 0 N–H and O–H groups in total. The monoisotopic (exact) mass is 280 g/mol. The van der Waals surface area contributed by atoms with Crippen molar-refractivity contribution in [1.29, 1.82) is 0 Å². The van der Waals surface area contributed by atoms with Crippen LogP contribution < -0.4 is 0 Å². The summed E-state index contributed by atoms with van der Waals surface area (Å²) in [5, 5.41) is 0. The fraction of sp³-hybridized carbons (Fsp3) is 0. The van der Waals surface area contributed by atoms with E-state index in [9.17, 15) is 4.79 Å². The maximum Gasteiger partial charge on any atom is 0.313 e. The molecule has 0 spiro atoms. The van der Waals surface area contributed by atoms with E-state index in [0.717, 1.165) is 11.1 Å². The van der Waals surface area contributed by atoms with Gasteiger partial charge in [0.25, 0.3) is 0 Å². The Morgan fingerprint density at radius 2 is 0.944 bits per heavy atom. The Labute approximate surface area is 115 Å². The maximum absolute atomic E-state index is 11.8. The van der Waals surface area contributed by atoms with Crippen LogP contribution in [0, 0.1) is 0 Å². The first-order valence-electron chi connectivity index (χ1n) is 5.11. The molecule has 0 unspecified atom stereocenters. The van der Waals surface area contributed by atoms with E-state index in [-0.39, 0.29) is 5.78 Å². The molecule has 0 radical (unpaired) electrons. The van der Waals surface area contributed by atoms with Crippen molar-refractivity contribution in [3.8, 4) is 0 Å². The molecule has 18 heavy (non-hydrogen) atoms. The van der Waals surface area contributed by atoms with Crippen molar-refractivity contribution in [1.82, 2.24) is 0 Å². The SMILES string of the molecule is O=C(Cl)Cl.O=C(c1ccccc1)c1ccccc1. The zero-order chi connectivity index (χ0) is 13.4. The van der Waals surface area contributed by atoms with Gasteiger partial charge in [0.15, 0.2) is 5.78 Å². The lowest BCUT2D eigenvalue weighted by molar-refractivity contribution is 0.103.